The van der Waals surface area contributed by atoms with E-state index in [2.05, 4.69) is 17.1 Å². The maximum absolute atomic E-state index is 5.93. The topological polar surface area (TPSA) is 21.6 Å². The zero-order chi connectivity index (χ0) is 9.83. The summed E-state index contributed by atoms with van der Waals surface area (Å²) in [6.07, 6.45) is 6.16. The summed E-state index contributed by atoms with van der Waals surface area (Å²) in [5.74, 6) is 1.85. The van der Waals surface area contributed by atoms with E-state index in [4.69, 9.17) is 4.74 Å². The second kappa shape index (κ2) is 2.63. The highest BCUT2D eigenvalue weighted by molar-refractivity contribution is 5.84. The zero-order valence-corrected chi connectivity index (χ0v) is 8.57. The first-order valence-electron chi connectivity index (χ1n) is 5.76. The molecule has 0 bridgehead atoms. The van der Waals surface area contributed by atoms with Crippen LogP contribution in [0.15, 0.2) is 17.1 Å². The average molecular weight is 199 g/mol. The molecule has 2 nitrogen and oxygen atoms in total. The van der Waals surface area contributed by atoms with E-state index in [0.29, 0.717) is 12.0 Å². The number of hydrogen-bond donors (Lipinski definition) is 0. The third-order valence-corrected chi connectivity index (χ3v) is 3.93. The summed E-state index contributed by atoms with van der Waals surface area (Å²) < 4.78 is 5.93. The summed E-state index contributed by atoms with van der Waals surface area (Å²) in [7, 11) is 0. The molecule has 2 heterocycles. The molecule has 0 spiro atoms. The Morgan fingerprint density at radius 3 is 3.13 bits per heavy atom. The number of nitrogens with zero attached hydrogens (tertiary/aromatic N) is 1. The van der Waals surface area contributed by atoms with Gasteiger partial charge in [-0.1, -0.05) is 0 Å². The lowest BCUT2D eigenvalue weighted by atomic mass is 9.76. The third kappa shape index (κ3) is 0.921. The number of benzene rings is 1. The van der Waals surface area contributed by atoms with Gasteiger partial charge in [0.2, 0.25) is 0 Å². The molecule has 0 amide bonds. The normalized spacial score (nSPS) is 29.9. The molecule has 1 aliphatic carbocycles. The van der Waals surface area contributed by atoms with Gasteiger partial charge >= 0.3 is 0 Å². The van der Waals surface area contributed by atoms with E-state index >= 15 is 0 Å². The Kier molecular flexibility index (Phi) is 1.39. The zero-order valence-electron chi connectivity index (χ0n) is 8.57. The minimum atomic E-state index is 0.491. The molecule has 0 aromatic heterocycles. The van der Waals surface area contributed by atoms with Gasteiger partial charge in [-0.2, -0.15) is 0 Å². The van der Waals surface area contributed by atoms with Gasteiger partial charge in [0.15, 0.2) is 0 Å². The lowest BCUT2D eigenvalue weighted by Crippen LogP contribution is -2.29. The van der Waals surface area contributed by atoms with Crippen LogP contribution in [-0.4, -0.2) is 18.9 Å². The summed E-state index contributed by atoms with van der Waals surface area (Å²) in [6, 6.07) is 4.28. The van der Waals surface area contributed by atoms with Crippen molar-refractivity contribution in [2.45, 2.75) is 31.3 Å². The predicted molar refractivity (Wildman–Crippen MR) is 59.0 cm³/mol. The van der Waals surface area contributed by atoms with Crippen LogP contribution in [0.4, 0.5) is 0 Å². The van der Waals surface area contributed by atoms with Crippen molar-refractivity contribution in [3.8, 4) is 5.75 Å². The minimum absolute atomic E-state index is 0.491. The van der Waals surface area contributed by atoms with Crippen LogP contribution in [0.3, 0.4) is 0 Å². The van der Waals surface area contributed by atoms with E-state index in [9.17, 15) is 0 Å². The van der Waals surface area contributed by atoms with Crippen molar-refractivity contribution in [2.75, 3.05) is 6.54 Å². The van der Waals surface area contributed by atoms with E-state index < -0.39 is 0 Å². The first-order chi connectivity index (χ1) is 7.43. The Hall–Kier alpha value is -1.31. The molecule has 2 aliphatic heterocycles. The number of hydrogen-bond acceptors (Lipinski definition) is 2. The summed E-state index contributed by atoms with van der Waals surface area (Å²) in [4.78, 5) is 4.34. The molecule has 3 aliphatic rings. The maximum atomic E-state index is 5.93. The number of rotatable bonds is 0. The fourth-order valence-electron chi connectivity index (χ4n) is 3.01. The largest absolute Gasteiger partial charge is 0.489 e. The second-order valence-electron chi connectivity index (χ2n) is 4.67. The molecule has 2 heteroatoms. The Morgan fingerprint density at radius 2 is 2.27 bits per heavy atom. The minimum Gasteiger partial charge on any atom is -0.489 e. The van der Waals surface area contributed by atoms with Crippen molar-refractivity contribution < 1.29 is 4.74 Å². The van der Waals surface area contributed by atoms with Gasteiger partial charge in [-0.3, -0.25) is 4.99 Å². The molecule has 0 N–H and O–H groups in total. The fraction of sp³-hybridized carbons (Fsp3) is 0.462. The standard InChI is InChI=1S/C13H13NO/c1-3-12-13(10-2-4-11(10)15-12)9-5-6-14-7-8(1)9/h1,3,7,10-11H,2,4-6H2/t10?,11-/m0/s1. The van der Waals surface area contributed by atoms with E-state index in [1.807, 2.05) is 6.21 Å². The number of ether oxygens (including phenoxy) is 1. The van der Waals surface area contributed by atoms with E-state index in [-0.39, 0.29) is 0 Å². The van der Waals surface area contributed by atoms with Crippen molar-refractivity contribution >= 4 is 6.21 Å². The maximum Gasteiger partial charge on any atom is 0.123 e. The molecule has 1 fully saturated rings. The van der Waals surface area contributed by atoms with Crippen LogP contribution in [0.5, 0.6) is 5.75 Å². The van der Waals surface area contributed by atoms with Crippen LogP contribution in [0.1, 0.15) is 35.4 Å². The molecule has 15 heavy (non-hydrogen) atoms. The molecule has 76 valence electrons. The first-order valence-corrected chi connectivity index (χ1v) is 5.76. The van der Waals surface area contributed by atoms with Crippen LogP contribution in [0, 0.1) is 0 Å². The molecule has 1 aromatic carbocycles. The summed E-state index contributed by atoms with van der Waals surface area (Å²) in [6.45, 7) is 0.945. The fourth-order valence-corrected chi connectivity index (χ4v) is 3.01. The van der Waals surface area contributed by atoms with Gasteiger partial charge in [0.1, 0.15) is 11.9 Å². The van der Waals surface area contributed by atoms with Crippen LogP contribution in [-0.2, 0) is 6.42 Å². The molecular formula is C13H13NO. The van der Waals surface area contributed by atoms with Crippen molar-refractivity contribution in [2.24, 2.45) is 4.99 Å². The third-order valence-electron chi connectivity index (χ3n) is 3.93. The summed E-state index contributed by atoms with van der Waals surface area (Å²) >= 11 is 0. The molecule has 0 radical (unpaired) electrons. The lowest BCUT2D eigenvalue weighted by Gasteiger charge is -2.29. The SMILES string of the molecule is C1=NCCc2c1ccc1c2C2CC[C@@H]2O1. The van der Waals surface area contributed by atoms with Crippen molar-refractivity contribution in [3.05, 3.63) is 28.8 Å². The Bertz CT molecular complexity index is 464. The molecule has 1 aromatic rings. The van der Waals surface area contributed by atoms with Gasteiger partial charge in [-0.25, -0.2) is 0 Å². The highest BCUT2D eigenvalue weighted by Crippen LogP contribution is 2.51. The van der Waals surface area contributed by atoms with Crippen molar-refractivity contribution in [1.29, 1.82) is 0 Å². The second-order valence-corrected chi connectivity index (χ2v) is 4.67. The molecule has 1 unspecified atom stereocenters. The molecule has 0 saturated heterocycles. The Balaban J connectivity index is 1.95. The van der Waals surface area contributed by atoms with E-state index in [0.717, 1.165) is 18.7 Å². The molecular weight excluding hydrogens is 186 g/mol. The number of aliphatic imine (C=N–C) groups is 1. The summed E-state index contributed by atoms with van der Waals surface area (Å²) in [5, 5.41) is 0. The van der Waals surface area contributed by atoms with Crippen LogP contribution in [0.25, 0.3) is 0 Å². The first kappa shape index (κ1) is 7.91. The Labute approximate surface area is 89.0 Å². The van der Waals surface area contributed by atoms with E-state index in [1.165, 1.54) is 29.5 Å². The number of fused-ring (bicyclic) bond motifs is 5. The van der Waals surface area contributed by atoms with Gasteiger partial charge in [0, 0.05) is 24.2 Å². The smallest absolute Gasteiger partial charge is 0.123 e. The molecule has 1 saturated carbocycles. The molecule has 2 atom stereocenters. The van der Waals surface area contributed by atoms with E-state index in [1.54, 1.807) is 0 Å². The van der Waals surface area contributed by atoms with Gasteiger partial charge in [0.25, 0.3) is 0 Å². The van der Waals surface area contributed by atoms with Gasteiger partial charge in [-0.15, -0.1) is 0 Å². The van der Waals surface area contributed by atoms with Crippen LogP contribution < -0.4 is 4.74 Å². The van der Waals surface area contributed by atoms with Crippen molar-refractivity contribution in [1.82, 2.24) is 0 Å². The summed E-state index contributed by atoms with van der Waals surface area (Å²) in [5.41, 5.74) is 4.33. The predicted octanol–water partition coefficient (Wildman–Crippen LogP) is 2.30. The van der Waals surface area contributed by atoms with Gasteiger partial charge in [-0.05, 0) is 42.5 Å². The quantitative estimate of drug-likeness (QED) is 0.628. The van der Waals surface area contributed by atoms with Gasteiger partial charge in [0.05, 0.1) is 0 Å². The van der Waals surface area contributed by atoms with Crippen LogP contribution >= 0.6 is 0 Å². The lowest BCUT2D eigenvalue weighted by molar-refractivity contribution is 0.125. The monoisotopic (exact) mass is 199 g/mol. The van der Waals surface area contributed by atoms with Gasteiger partial charge < -0.3 is 4.74 Å². The van der Waals surface area contributed by atoms with Crippen molar-refractivity contribution in [3.63, 3.8) is 0 Å². The van der Waals surface area contributed by atoms with Crippen LogP contribution in [0.2, 0.25) is 0 Å². The Morgan fingerprint density at radius 1 is 1.27 bits per heavy atom. The highest BCUT2D eigenvalue weighted by atomic mass is 16.5. The molecule has 4 rings (SSSR count). The average Bonchev–Trinajstić information content (AvgIpc) is 2.51. The highest BCUT2D eigenvalue weighted by Gasteiger charge is 2.43.